The number of Topliss-reactive ketones (excluding diaryl/α,β-unsaturated/α-hetero) is 1. The molecule has 0 radical (unpaired) electrons. The number of carbonyl (C=O) groups is 1. The van der Waals surface area contributed by atoms with Crippen molar-refractivity contribution in [2.24, 2.45) is 0 Å². The highest BCUT2D eigenvalue weighted by atomic mass is 16.1. The molecule has 0 saturated heterocycles. The topological polar surface area (TPSA) is 40.9 Å². The summed E-state index contributed by atoms with van der Waals surface area (Å²) in [4.78, 5) is 11.6. The minimum Gasteiger partial charge on any atom is -0.294 e. The van der Waals surface area contributed by atoms with Crippen molar-refractivity contribution in [3.8, 4) is 17.2 Å². The Bertz CT molecular complexity index is 680. The predicted molar refractivity (Wildman–Crippen MR) is 69.2 cm³/mol. The van der Waals surface area contributed by atoms with Crippen molar-refractivity contribution in [1.82, 2.24) is 0 Å². The van der Waals surface area contributed by atoms with Crippen molar-refractivity contribution >= 4 is 5.78 Å². The molecule has 86 valence electrons. The summed E-state index contributed by atoms with van der Waals surface area (Å²) in [5.41, 5.74) is 4.73. The molecule has 0 amide bonds. The van der Waals surface area contributed by atoms with E-state index < -0.39 is 0 Å². The molecule has 0 spiro atoms. The lowest BCUT2D eigenvalue weighted by molar-refractivity contribution is 0.0994. The van der Waals surface area contributed by atoms with E-state index in [9.17, 15) is 4.79 Å². The number of fused-ring (bicyclic) bond motifs is 1. The minimum atomic E-state index is 0.238. The van der Waals surface area contributed by atoms with Gasteiger partial charge in [0.1, 0.15) is 0 Å². The lowest BCUT2D eigenvalue weighted by atomic mass is 9.99. The minimum absolute atomic E-state index is 0.238. The molecule has 1 aliphatic carbocycles. The Hall–Kier alpha value is -2.40. The van der Waals surface area contributed by atoms with Gasteiger partial charge in [0.05, 0.1) is 11.6 Å². The van der Waals surface area contributed by atoms with E-state index in [1.165, 1.54) is 0 Å². The zero-order valence-electron chi connectivity index (χ0n) is 9.81. The van der Waals surface area contributed by atoms with Crippen molar-refractivity contribution in [2.75, 3.05) is 0 Å². The number of carbonyl (C=O) groups excluding carboxylic acids is 1. The summed E-state index contributed by atoms with van der Waals surface area (Å²) in [5, 5.41) is 8.90. The Morgan fingerprint density at radius 1 is 1.00 bits per heavy atom. The third-order valence-electron chi connectivity index (χ3n) is 3.35. The molecule has 2 nitrogen and oxygen atoms in total. The molecule has 1 aliphatic rings. The monoisotopic (exact) mass is 233 g/mol. The quantitative estimate of drug-likeness (QED) is 0.757. The third kappa shape index (κ3) is 1.70. The van der Waals surface area contributed by atoms with Gasteiger partial charge in [-0.3, -0.25) is 4.79 Å². The number of hydrogen-bond acceptors (Lipinski definition) is 2. The maximum absolute atomic E-state index is 11.6. The van der Waals surface area contributed by atoms with Crippen LogP contribution in [0.2, 0.25) is 0 Å². The first kappa shape index (κ1) is 10.7. The maximum Gasteiger partial charge on any atom is 0.163 e. The van der Waals surface area contributed by atoms with Crippen LogP contribution >= 0.6 is 0 Å². The lowest BCUT2D eigenvalue weighted by Gasteiger charge is -2.05. The SMILES string of the molecule is N#Cc1cccc(-c2ccc3c(c2)CCC3=O)c1. The van der Waals surface area contributed by atoms with Gasteiger partial charge in [0.2, 0.25) is 0 Å². The van der Waals surface area contributed by atoms with Gasteiger partial charge in [-0.25, -0.2) is 0 Å². The third-order valence-corrected chi connectivity index (χ3v) is 3.35. The van der Waals surface area contributed by atoms with Crippen molar-refractivity contribution in [1.29, 1.82) is 5.26 Å². The van der Waals surface area contributed by atoms with E-state index >= 15 is 0 Å². The Morgan fingerprint density at radius 3 is 2.67 bits per heavy atom. The second-order valence-electron chi connectivity index (χ2n) is 4.49. The van der Waals surface area contributed by atoms with Gasteiger partial charge >= 0.3 is 0 Å². The zero-order valence-corrected chi connectivity index (χ0v) is 9.81. The van der Waals surface area contributed by atoms with Gasteiger partial charge in [-0.15, -0.1) is 0 Å². The average molecular weight is 233 g/mol. The molecule has 0 N–H and O–H groups in total. The number of nitrogens with zero attached hydrogens (tertiary/aromatic N) is 1. The fourth-order valence-electron chi connectivity index (χ4n) is 2.40. The van der Waals surface area contributed by atoms with Crippen molar-refractivity contribution in [3.63, 3.8) is 0 Å². The van der Waals surface area contributed by atoms with E-state index in [-0.39, 0.29) is 5.78 Å². The van der Waals surface area contributed by atoms with E-state index in [1.54, 1.807) is 6.07 Å². The lowest BCUT2D eigenvalue weighted by Crippen LogP contribution is -1.91. The number of nitriles is 1. The molecule has 0 heterocycles. The summed E-state index contributed by atoms with van der Waals surface area (Å²) in [6.45, 7) is 0. The van der Waals surface area contributed by atoms with E-state index in [0.717, 1.165) is 28.7 Å². The van der Waals surface area contributed by atoms with Crippen LogP contribution in [-0.2, 0) is 6.42 Å². The summed E-state index contributed by atoms with van der Waals surface area (Å²) in [7, 11) is 0. The summed E-state index contributed by atoms with van der Waals surface area (Å²) >= 11 is 0. The Morgan fingerprint density at radius 2 is 1.83 bits per heavy atom. The molecule has 2 aromatic carbocycles. The van der Waals surface area contributed by atoms with Crippen LogP contribution in [0, 0.1) is 11.3 Å². The van der Waals surface area contributed by atoms with Gasteiger partial charge in [0.15, 0.2) is 5.78 Å². The van der Waals surface area contributed by atoms with Gasteiger partial charge in [0.25, 0.3) is 0 Å². The number of aryl methyl sites for hydroxylation is 1. The first-order chi connectivity index (χ1) is 8.78. The normalized spacial score (nSPS) is 13.2. The molecule has 0 aliphatic heterocycles. The predicted octanol–water partition coefficient (Wildman–Crippen LogP) is 3.35. The smallest absolute Gasteiger partial charge is 0.163 e. The Kier molecular flexibility index (Phi) is 2.46. The van der Waals surface area contributed by atoms with Crippen LogP contribution in [0.3, 0.4) is 0 Å². The molecular formula is C16H11NO. The number of ketones is 1. The molecule has 0 aromatic heterocycles. The highest BCUT2D eigenvalue weighted by Crippen LogP contribution is 2.28. The molecule has 0 atom stereocenters. The van der Waals surface area contributed by atoms with Crippen molar-refractivity contribution in [3.05, 3.63) is 59.2 Å². The van der Waals surface area contributed by atoms with E-state index in [0.29, 0.717) is 12.0 Å². The summed E-state index contributed by atoms with van der Waals surface area (Å²) in [6, 6.07) is 15.6. The fraction of sp³-hybridized carbons (Fsp3) is 0.125. The summed E-state index contributed by atoms with van der Waals surface area (Å²) in [5.74, 6) is 0.238. The molecule has 3 rings (SSSR count). The molecule has 18 heavy (non-hydrogen) atoms. The molecule has 0 saturated carbocycles. The molecular weight excluding hydrogens is 222 g/mol. The van der Waals surface area contributed by atoms with Crippen LogP contribution in [0.15, 0.2) is 42.5 Å². The first-order valence-corrected chi connectivity index (χ1v) is 5.94. The highest BCUT2D eigenvalue weighted by molar-refractivity contribution is 6.00. The molecule has 0 unspecified atom stereocenters. The second kappa shape index (κ2) is 4.12. The summed E-state index contributed by atoms with van der Waals surface area (Å²) in [6.07, 6.45) is 1.46. The van der Waals surface area contributed by atoms with Gasteiger partial charge in [-0.2, -0.15) is 5.26 Å². The summed E-state index contributed by atoms with van der Waals surface area (Å²) < 4.78 is 0. The molecule has 0 bridgehead atoms. The van der Waals surface area contributed by atoms with Crippen LogP contribution in [0.25, 0.3) is 11.1 Å². The maximum atomic E-state index is 11.6. The van der Waals surface area contributed by atoms with E-state index in [2.05, 4.69) is 12.1 Å². The van der Waals surface area contributed by atoms with E-state index in [4.69, 9.17) is 5.26 Å². The number of rotatable bonds is 1. The van der Waals surface area contributed by atoms with Crippen LogP contribution in [0.1, 0.15) is 27.9 Å². The Balaban J connectivity index is 2.08. The van der Waals surface area contributed by atoms with Crippen LogP contribution < -0.4 is 0 Å². The van der Waals surface area contributed by atoms with Gasteiger partial charge in [-0.1, -0.05) is 30.3 Å². The van der Waals surface area contributed by atoms with Gasteiger partial charge in [-0.05, 0) is 35.2 Å². The molecule has 2 aromatic rings. The first-order valence-electron chi connectivity index (χ1n) is 5.94. The fourth-order valence-corrected chi connectivity index (χ4v) is 2.40. The van der Waals surface area contributed by atoms with Crippen molar-refractivity contribution < 1.29 is 4.79 Å². The van der Waals surface area contributed by atoms with Gasteiger partial charge < -0.3 is 0 Å². The molecule has 0 fully saturated rings. The van der Waals surface area contributed by atoms with Crippen molar-refractivity contribution in [2.45, 2.75) is 12.8 Å². The molecule has 2 heteroatoms. The number of hydrogen-bond donors (Lipinski definition) is 0. The van der Waals surface area contributed by atoms with Crippen LogP contribution in [0.4, 0.5) is 0 Å². The Labute approximate surface area is 105 Å². The average Bonchev–Trinajstić information content (AvgIpc) is 2.80. The zero-order chi connectivity index (χ0) is 12.5. The van der Waals surface area contributed by atoms with E-state index in [1.807, 2.05) is 30.3 Å². The highest BCUT2D eigenvalue weighted by Gasteiger charge is 2.19. The van der Waals surface area contributed by atoms with Crippen LogP contribution in [-0.4, -0.2) is 5.78 Å². The number of benzene rings is 2. The standard InChI is InChI=1S/C16H11NO/c17-10-11-2-1-3-12(8-11)13-4-6-15-14(9-13)5-7-16(15)18/h1-4,6,8-9H,5,7H2. The second-order valence-corrected chi connectivity index (χ2v) is 4.49. The van der Waals surface area contributed by atoms with Gasteiger partial charge in [0, 0.05) is 12.0 Å². The van der Waals surface area contributed by atoms with Crippen LogP contribution in [0.5, 0.6) is 0 Å². The largest absolute Gasteiger partial charge is 0.294 e.